The number of anilines is 2. The van der Waals surface area contributed by atoms with Crippen molar-refractivity contribution in [1.82, 2.24) is 0 Å². The summed E-state index contributed by atoms with van der Waals surface area (Å²) in [5.74, 6) is 0.547. The molecule has 1 fully saturated rings. The molecule has 1 saturated carbocycles. The van der Waals surface area contributed by atoms with Crippen LogP contribution in [0.25, 0.3) is 0 Å². The van der Waals surface area contributed by atoms with Crippen LogP contribution < -0.4 is 11.1 Å². The van der Waals surface area contributed by atoms with E-state index in [1.165, 1.54) is 24.2 Å². The quantitative estimate of drug-likeness (QED) is 0.843. The van der Waals surface area contributed by atoms with E-state index in [-0.39, 0.29) is 6.04 Å². The van der Waals surface area contributed by atoms with Gasteiger partial charge < -0.3 is 15.8 Å². The predicted octanol–water partition coefficient (Wildman–Crippen LogP) is 2.53. The molecule has 1 heterocycles. The number of hydrogen-bond donors (Lipinski definition) is 2. The average Bonchev–Trinajstić information content (AvgIpc) is 3.06. The minimum Gasteiger partial charge on any atom is -0.397 e. The highest BCUT2D eigenvalue weighted by Gasteiger charge is 2.31. The van der Waals surface area contributed by atoms with Gasteiger partial charge in [-0.1, -0.05) is 0 Å². The van der Waals surface area contributed by atoms with E-state index in [0.29, 0.717) is 23.1 Å². The molecule has 1 aromatic rings. The first kappa shape index (κ1) is 12.2. The smallest absolute Gasteiger partial charge is 0.130 e. The molecule has 1 aliphatic carbocycles. The van der Waals surface area contributed by atoms with Crippen molar-refractivity contribution in [2.75, 3.05) is 24.8 Å². The van der Waals surface area contributed by atoms with E-state index >= 15 is 0 Å². The molecule has 2 rings (SSSR count). The SMILES string of the molecule is COCC(C)Nc1sc(C#N)c(N)c1C1CC1. The third kappa shape index (κ3) is 2.54. The van der Waals surface area contributed by atoms with Crippen molar-refractivity contribution < 1.29 is 4.74 Å². The first-order valence-corrected chi connectivity index (χ1v) is 6.56. The number of nitriles is 1. The molecule has 0 radical (unpaired) electrons. The van der Waals surface area contributed by atoms with Gasteiger partial charge in [-0.25, -0.2) is 0 Å². The zero-order valence-corrected chi connectivity index (χ0v) is 10.9. The minimum atomic E-state index is 0.224. The summed E-state index contributed by atoms with van der Waals surface area (Å²) in [5.41, 5.74) is 7.84. The van der Waals surface area contributed by atoms with Gasteiger partial charge in [-0.2, -0.15) is 5.26 Å². The molecule has 0 aromatic carbocycles. The Morgan fingerprint density at radius 3 is 2.88 bits per heavy atom. The van der Waals surface area contributed by atoms with E-state index in [9.17, 15) is 0 Å². The highest BCUT2D eigenvalue weighted by molar-refractivity contribution is 7.17. The molecule has 0 aliphatic heterocycles. The van der Waals surface area contributed by atoms with Gasteiger partial charge in [0.2, 0.25) is 0 Å². The van der Waals surface area contributed by atoms with Crippen LogP contribution in [0.1, 0.15) is 36.1 Å². The lowest BCUT2D eigenvalue weighted by atomic mass is 10.1. The third-order valence-electron chi connectivity index (χ3n) is 2.86. The highest BCUT2D eigenvalue weighted by atomic mass is 32.1. The van der Waals surface area contributed by atoms with Gasteiger partial charge in [0.05, 0.1) is 17.3 Å². The molecule has 17 heavy (non-hydrogen) atoms. The fourth-order valence-electron chi connectivity index (χ4n) is 1.94. The summed E-state index contributed by atoms with van der Waals surface area (Å²) in [5, 5.41) is 13.5. The van der Waals surface area contributed by atoms with Gasteiger partial charge in [-0.05, 0) is 25.7 Å². The first-order chi connectivity index (χ1) is 8.17. The Morgan fingerprint density at radius 1 is 1.65 bits per heavy atom. The second-order valence-corrected chi connectivity index (χ2v) is 5.50. The van der Waals surface area contributed by atoms with E-state index in [1.807, 2.05) is 0 Å². The summed E-state index contributed by atoms with van der Waals surface area (Å²) in [7, 11) is 1.68. The van der Waals surface area contributed by atoms with Crippen molar-refractivity contribution in [3.8, 4) is 6.07 Å². The molecule has 3 N–H and O–H groups in total. The Bertz CT molecular complexity index is 445. The monoisotopic (exact) mass is 251 g/mol. The zero-order valence-electron chi connectivity index (χ0n) is 10.1. The zero-order chi connectivity index (χ0) is 12.4. The number of methoxy groups -OCH3 is 1. The minimum absolute atomic E-state index is 0.224. The fraction of sp³-hybridized carbons (Fsp3) is 0.583. The Morgan fingerprint density at radius 2 is 2.35 bits per heavy atom. The lowest BCUT2D eigenvalue weighted by molar-refractivity contribution is 0.190. The van der Waals surface area contributed by atoms with Crippen LogP contribution in [-0.2, 0) is 4.74 Å². The van der Waals surface area contributed by atoms with Crippen LogP contribution in [0.4, 0.5) is 10.7 Å². The molecule has 1 unspecified atom stereocenters. The van der Waals surface area contributed by atoms with Crippen molar-refractivity contribution in [1.29, 1.82) is 5.26 Å². The number of thiophene rings is 1. The topological polar surface area (TPSA) is 71.1 Å². The van der Waals surface area contributed by atoms with Crippen molar-refractivity contribution in [3.05, 3.63) is 10.4 Å². The third-order valence-corrected chi connectivity index (χ3v) is 3.92. The van der Waals surface area contributed by atoms with Crippen molar-refractivity contribution in [2.24, 2.45) is 0 Å². The van der Waals surface area contributed by atoms with E-state index < -0.39 is 0 Å². The first-order valence-electron chi connectivity index (χ1n) is 5.75. The molecule has 0 bridgehead atoms. The Labute approximate surface area is 105 Å². The Hall–Kier alpha value is -1.25. The summed E-state index contributed by atoms with van der Waals surface area (Å²) in [6, 6.07) is 2.39. The standard InChI is InChI=1S/C12H17N3OS/c1-7(6-16-2)15-12-10(8-3-4-8)11(14)9(5-13)17-12/h7-8,15H,3-4,6,14H2,1-2H3. The largest absolute Gasteiger partial charge is 0.397 e. The van der Waals surface area contributed by atoms with Crippen LogP contribution in [0.5, 0.6) is 0 Å². The van der Waals surface area contributed by atoms with Gasteiger partial charge in [0.15, 0.2) is 0 Å². The van der Waals surface area contributed by atoms with Crippen LogP contribution in [0, 0.1) is 11.3 Å². The fourth-order valence-corrected chi connectivity index (χ4v) is 3.06. The van der Waals surface area contributed by atoms with Crippen LogP contribution in [0.2, 0.25) is 0 Å². The molecule has 0 amide bonds. The molecule has 92 valence electrons. The number of nitrogens with one attached hydrogen (secondary N) is 1. The Balaban J connectivity index is 2.23. The molecule has 5 heteroatoms. The second kappa shape index (κ2) is 4.94. The number of nitrogens with two attached hydrogens (primary N) is 1. The number of rotatable bonds is 5. The van der Waals surface area contributed by atoms with E-state index in [0.717, 1.165) is 10.6 Å². The molecule has 1 aliphatic rings. The van der Waals surface area contributed by atoms with Crippen LogP contribution in [0.15, 0.2) is 0 Å². The summed E-state index contributed by atoms with van der Waals surface area (Å²) in [6.07, 6.45) is 2.36. The summed E-state index contributed by atoms with van der Waals surface area (Å²) in [6.45, 7) is 2.70. The lowest BCUT2D eigenvalue weighted by Crippen LogP contribution is -2.20. The predicted molar refractivity (Wildman–Crippen MR) is 70.4 cm³/mol. The number of nitrogen functional groups attached to an aromatic ring is 1. The average molecular weight is 251 g/mol. The van der Waals surface area contributed by atoms with Gasteiger partial charge in [0, 0.05) is 18.7 Å². The maximum absolute atomic E-state index is 9.02. The van der Waals surface area contributed by atoms with Crippen molar-refractivity contribution in [2.45, 2.75) is 31.7 Å². The highest BCUT2D eigenvalue weighted by Crippen LogP contribution is 2.50. The van der Waals surface area contributed by atoms with E-state index in [1.54, 1.807) is 7.11 Å². The maximum atomic E-state index is 9.02. The number of hydrogen-bond acceptors (Lipinski definition) is 5. The van der Waals surface area contributed by atoms with E-state index in [4.69, 9.17) is 15.7 Å². The molecule has 0 spiro atoms. The summed E-state index contributed by atoms with van der Waals surface area (Å²) >= 11 is 1.46. The maximum Gasteiger partial charge on any atom is 0.130 e. The molecule has 1 aromatic heterocycles. The second-order valence-electron chi connectivity index (χ2n) is 4.47. The van der Waals surface area contributed by atoms with E-state index in [2.05, 4.69) is 18.3 Å². The van der Waals surface area contributed by atoms with Crippen molar-refractivity contribution >= 4 is 22.0 Å². The molecular weight excluding hydrogens is 234 g/mol. The van der Waals surface area contributed by atoms with Crippen LogP contribution in [0.3, 0.4) is 0 Å². The van der Waals surface area contributed by atoms with Crippen LogP contribution >= 0.6 is 11.3 Å². The lowest BCUT2D eigenvalue weighted by Gasteiger charge is -2.14. The Kier molecular flexibility index (Phi) is 3.55. The molecular formula is C12H17N3OS. The summed E-state index contributed by atoms with van der Waals surface area (Å²) < 4.78 is 5.10. The van der Waals surface area contributed by atoms with Crippen molar-refractivity contribution in [3.63, 3.8) is 0 Å². The van der Waals surface area contributed by atoms with Gasteiger partial charge in [0.25, 0.3) is 0 Å². The van der Waals surface area contributed by atoms with Gasteiger partial charge >= 0.3 is 0 Å². The van der Waals surface area contributed by atoms with Crippen LogP contribution in [-0.4, -0.2) is 19.8 Å². The summed E-state index contributed by atoms with van der Waals surface area (Å²) in [4.78, 5) is 0.624. The molecule has 1 atom stereocenters. The molecule has 4 nitrogen and oxygen atoms in total. The molecule has 0 saturated heterocycles. The van der Waals surface area contributed by atoms with Gasteiger partial charge in [-0.3, -0.25) is 0 Å². The normalized spacial score (nSPS) is 16.5. The number of ether oxygens (including phenoxy) is 1. The van der Waals surface area contributed by atoms with Gasteiger partial charge in [-0.15, -0.1) is 11.3 Å². The van der Waals surface area contributed by atoms with Gasteiger partial charge in [0.1, 0.15) is 10.9 Å². The number of nitrogens with zero attached hydrogens (tertiary/aromatic N) is 1.